The first-order chi connectivity index (χ1) is 4.41. The van der Waals surface area contributed by atoms with Gasteiger partial charge in [0.05, 0.1) is 0 Å². The summed E-state index contributed by atoms with van der Waals surface area (Å²) in [5.74, 6) is 0. The summed E-state index contributed by atoms with van der Waals surface area (Å²) in [6.07, 6.45) is 7.05. The molecule has 0 aliphatic carbocycles. The molecule has 0 heterocycles. The molecule has 0 aromatic carbocycles. The number of hydrogen-bond donors (Lipinski definition) is 0. The monoisotopic (exact) mass is 126 g/mol. The summed E-state index contributed by atoms with van der Waals surface area (Å²) < 4.78 is 0. The van der Waals surface area contributed by atoms with Crippen LogP contribution >= 0.6 is 0 Å². The molecule has 0 rings (SSSR count). The van der Waals surface area contributed by atoms with Gasteiger partial charge in [-0.05, 0) is 6.42 Å². The highest BCUT2D eigenvalue weighted by Crippen LogP contribution is 1.87. The van der Waals surface area contributed by atoms with Crippen molar-refractivity contribution in [3.05, 3.63) is 12.2 Å². The number of hydrogen-bond acceptors (Lipinski definition) is 2. The number of carbonyl (C=O) groups excluding carboxylic acids is 2. The van der Waals surface area contributed by atoms with E-state index < -0.39 is 0 Å². The Kier molecular flexibility index (Phi) is 6.36. The van der Waals surface area contributed by atoms with Gasteiger partial charge in [-0.15, -0.1) is 0 Å². The second-order valence-corrected chi connectivity index (χ2v) is 1.62. The van der Waals surface area contributed by atoms with E-state index in [0.29, 0.717) is 12.8 Å². The maximum Gasteiger partial charge on any atom is 0.123 e. The molecule has 2 heteroatoms. The molecule has 9 heavy (non-hydrogen) atoms. The molecular weight excluding hydrogens is 116 g/mol. The fourth-order valence-corrected chi connectivity index (χ4v) is 0.434. The third-order valence-corrected chi connectivity index (χ3v) is 0.850. The van der Waals surface area contributed by atoms with Crippen LogP contribution in [0, 0.1) is 0 Å². The second-order valence-electron chi connectivity index (χ2n) is 1.62. The van der Waals surface area contributed by atoms with Gasteiger partial charge in [0.25, 0.3) is 0 Å². The lowest BCUT2D eigenvalue weighted by Gasteiger charge is -1.79. The highest BCUT2D eigenvalue weighted by atomic mass is 16.1. The van der Waals surface area contributed by atoms with Crippen molar-refractivity contribution in [3.8, 4) is 0 Å². The normalized spacial score (nSPS) is 9.78. The molecule has 0 bridgehead atoms. The predicted octanol–water partition coefficient (Wildman–Crippen LogP) is 1.11. The lowest BCUT2D eigenvalue weighted by molar-refractivity contribution is -0.108. The van der Waals surface area contributed by atoms with Crippen LogP contribution in [-0.4, -0.2) is 12.6 Å². The lowest BCUT2D eigenvalue weighted by atomic mass is 10.3. The van der Waals surface area contributed by atoms with Crippen LogP contribution in [0.1, 0.15) is 19.3 Å². The molecule has 0 saturated heterocycles. The van der Waals surface area contributed by atoms with Gasteiger partial charge in [-0.1, -0.05) is 12.2 Å². The zero-order valence-electron chi connectivity index (χ0n) is 5.25. The molecule has 0 aliphatic heterocycles. The average molecular weight is 126 g/mol. The smallest absolute Gasteiger partial charge is 0.123 e. The number of rotatable bonds is 5. The molecule has 0 unspecified atom stereocenters. The minimum atomic E-state index is 0.457. The Labute approximate surface area is 54.6 Å². The minimum Gasteiger partial charge on any atom is -0.303 e. The molecule has 0 aromatic rings. The van der Waals surface area contributed by atoms with Crippen molar-refractivity contribution in [2.24, 2.45) is 0 Å². The van der Waals surface area contributed by atoms with Crippen molar-refractivity contribution in [3.63, 3.8) is 0 Å². The van der Waals surface area contributed by atoms with Crippen molar-refractivity contribution >= 4 is 12.6 Å². The zero-order chi connectivity index (χ0) is 6.95. The number of allylic oxidation sites excluding steroid dienone is 2. The topological polar surface area (TPSA) is 34.1 Å². The van der Waals surface area contributed by atoms with E-state index in [1.807, 2.05) is 6.08 Å². The summed E-state index contributed by atoms with van der Waals surface area (Å²) in [5, 5.41) is 0. The lowest BCUT2D eigenvalue weighted by Crippen LogP contribution is -1.71. The van der Waals surface area contributed by atoms with E-state index in [1.54, 1.807) is 6.08 Å². The summed E-state index contributed by atoms with van der Waals surface area (Å²) in [6.45, 7) is 0. The Morgan fingerprint density at radius 3 is 2.22 bits per heavy atom. The van der Waals surface area contributed by atoms with Gasteiger partial charge >= 0.3 is 0 Å². The molecule has 0 radical (unpaired) electrons. The Hall–Kier alpha value is -0.920. The molecule has 0 amide bonds. The fraction of sp³-hybridized carbons (Fsp3) is 0.429. The second kappa shape index (κ2) is 7.08. The first-order valence-corrected chi connectivity index (χ1v) is 2.94. The molecule has 0 spiro atoms. The van der Waals surface area contributed by atoms with E-state index in [0.717, 1.165) is 19.0 Å². The van der Waals surface area contributed by atoms with Crippen molar-refractivity contribution in [1.29, 1.82) is 0 Å². The quantitative estimate of drug-likeness (QED) is 0.314. The molecule has 0 fully saturated rings. The van der Waals surface area contributed by atoms with Crippen LogP contribution in [0.25, 0.3) is 0 Å². The van der Waals surface area contributed by atoms with Crippen LogP contribution in [0.15, 0.2) is 12.2 Å². The largest absolute Gasteiger partial charge is 0.303 e. The third kappa shape index (κ3) is 7.08. The molecule has 50 valence electrons. The van der Waals surface area contributed by atoms with E-state index in [4.69, 9.17) is 0 Å². The molecule has 2 nitrogen and oxygen atoms in total. The highest BCUT2D eigenvalue weighted by molar-refractivity contribution is 5.52. The molecule has 0 atom stereocenters. The van der Waals surface area contributed by atoms with Gasteiger partial charge in [-0.2, -0.15) is 0 Å². The highest BCUT2D eigenvalue weighted by Gasteiger charge is 1.76. The van der Waals surface area contributed by atoms with E-state index >= 15 is 0 Å². The molecular formula is C7H10O2. The van der Waals surface area contributed by atoms with Crippen LogP contribution < -0.4 is 0 Å². The first-order valence-electron chi connectivity index (χ1n) is 2.94. The number of unbranched alkanes of at least 4 members (excludes halogenated alkanes) is 1. The Morgan fingerprint density at radius 1 is 0.889 bits per heavy atom. The Bertz CT molecular complexity index is 105. The van der Waals surface area contributed by atoms with Crippen LogP contribution in [0.4, 0.5) is 0 Å². The Morgan fingerprint density at radius 2 is 1.67 bits per heavy atom. The summed E-state index contributed by atoms with van der Waals surface area (Å²) >= 11 is 0. The van der Waals surface area contributed by atoms with Crippen molar-refractivity contribution in [2.45, 2.75) is 19.3 Å². The summed E-state index contributed by atoms with van der Waals surface area (Å²) in [4.78, 5) is 19.5. The molecule has 0 aliphatic rings. The summed E-state index contributed by atoms with van der Waals surface area (Å²) in [6, 6.07) is 0. The number of aldehydes is 2. The van der Waals surface area contributed by atoms with Crippen LogP contribution in [0.5, 0.6) is 0 Å². The number of carbonyl (C=O) groups is 2. The SMILES string of the molecule is O=CCC=CCCC=O. The van der Waals surface area contributed by atoms with Crippen molar-refractivity contribution in [1.82, 2.24) is 0 Å². The van der Waals surface area contributed by atoms with E-state index in [2.05, 4.69) is 0 Å². The maximum atomic E-state index is 9.73. The van der Waals surface area contributed by atoms with E-state index in [1.165, 1.54) is 0 Å². The van der Waals surface area contributed by atoms with Gasteiger partial charge in [0.1, 0.15) is 12.6 Å². The molecule has 0 N–H and O–H groups in total. The fourth-order valence-electron chi connectivity index (χ4n) is 0.434. The predicted molar refractivity (Wildman–Crippen MR) is 35.1 cm³/mol. The van der Waals surface area contributed by atoms with Gasteiger partial charge in [0.2, 0.25) is 0 Å². The zero-order valence-corrected chi connectivity index (χ0v) is 5.25. The van der Waals surface area contributed by atoms with Crippen LogP contribution in [0.2, 0.25) is 0 Å². The van der Waals surface area contributed by atoms with Crippen LogP contribution in [0.3, 0.4) is 0 Å². The molecule has 0 aromatic heterocycles. The van der Waals surface area contributed by atoms with Gasteiger partial charge < -0.3 is 9.59 Å². The summed E-state index contributed by atoms with van der Waals surface area (Å²) in [5.41, 5.74) is 0. The first kappa shape index (κ1) is 8.08. The molecule has 0 saturated carbocycles. The van der Waals surface area contributed by atoms with Gasteiger partial charge in [-0.3, -0.25) is 0 Å². The van der Waals surface area contributed by atoms with E-state index in [-0.39, 0.29) is 0 Å². The van der Waals surface area contributed by atoms with Crippen LogP contribution in [-0.2, 0) is 9.59 Å². The maximum absolute atomic E-state index is 9.73. The van der Waals surface area contributed by atoms with Crippen molar-refractivity contribution in [2.75, 3.05) is 0 Å². The minimum absolute atomic E-state index is 0.457. The van der Waals surface area contributed by atoms with Gasteiger partial charge in [0, 0.05) is 12.8 Å². The van der Waals surface area contributed by atoms with Gasteiger partial charge in [0.15, 0.2) is 0 Å². The Balaban J connectivity index is 3.03. The third-order valence-electron chi connectivity index (χ3n) is 0.850. The standard InChI is InChI=1S/C7H10O2/c8-6-4-2-1-3-5-7-9/h1-2,6-7H,3-5H2. The average Bonchev–Trinajstić information content (AvgIpc) is 1.89. The van der Waals surface area contributed by atoms with Crippen molar-refractivity contribution < 1.29 is 9.59 Å². The van der Waals surface area contributed by atoms with Gasteiger partial charge in [-0.25, -0.2) is 0 Å². The van der Waals surface area contributed by atoms with E-state index in [9.17, 15) is 9.59 Å². The summed E-state index contributed by atoms with van der Waals surface area (Å²) in [7, 11) is 0.